The molecule has 0 atom stereocenters. The number of carboxylic acid groups (broad SMARTS) is 1. The number of carboxylic acids is 1. The predicted molar refractivity (Wildman–Crippen MR) is 138 cm³/mol. The molecule has 5 rings (SSSR count). The molecule has 0 aliphatic carbocycles. The van der Waals surface area contributed by atoms with E-state index in [-0.39, 0.29) is 0 Å². The van der Waals surface area contributed by atoms with Gasteiger partial charge in [0, 0.05) is 48.9 Å². The summed E-state index contributed by atoms with van der Waals surface area (Å²) in [6.45, 7) is 3.20. The van der Waals surface area contributed by atoms with Crippen LogP contribution < -0.4 is 4.90 Å². The van der Waals surface area contributed by atoms with Crippen LogP contribution in [0.25, 0.3) is 16.1 Å². The first-order valence-electron chi connectivity index (χ1n) is 11.8. The van der Waals surface area contributed by atoms with E-state index in [1.807, 2.05) is 4.52 Å². The van der Waals surface area contributed by atoms with E-state index in [9.17, 15) is 13.2 Å². The summed E-state index contributed by atoms with van der Waals surface area (Å²) in [5.41, 5.74) is 4.77. The summed E-state index contributed by atoms with van der Waals surface area (Å²) in [6, 6.07) is 17.4. The Labute approximate surface area is 216 Å². The molecule has 0 saturated carbocycles. The summed E-state index contributed by atoms with van der Waals surface area (Å²) in [7, 11) is 4.16. The second-order valence-electron chi connectivity index (χ2n) is 9.08. The molecular formula is C26H28F3N5O2S. The Morgan fingerprint density at radius 3 is 2.35 bits per heavy atom. The van der Waals surface area contributed by atoms with Gasteiger partial charge in [0.15, 0.2) is 11.5 Å². The summed E-state index contributed by atoms with van der Waals surface area (Å²) in [5.74, 6) is -1.32. The van der Waals surface area contributed by atoms with Crippen LogP contribution in [0.3, 0.4) is 0 Å². The van der Waals surface area contributed by atoms with Gasteiger partial charge in [0.05, 0.1) is 0 Å². The summed E-state index contributed by atoms with van der Waals surface area (Å²) in [4.78, 5) is 19.7. The average molecular weight is 532 g/mol. The maximum absolute atomic E-state index is 10.6. The van der Waals surface area contributed by atoms with Gasteiger partial charge in [-0.3, -0.25) is 4.90 Å². The fraction of sp³-hybridized carbons (Fsp3) is 0.346. The highest BCUT2D eigenvalue weighted by Gasteiger charge is 2.38. The standard InChI is InChI=1S/C24H27N5S.C2HF3O2/c1-27(2)21-8-5-18(6-9-21)16-28-13-11-19(12-14-28)24-25-23-10-7-20(17-29(23)26-24)22-4-3-15-30-22;3-2(4,5)1(6)7/h3-10,15,17,19H,11-14,16H2,1-2H3;(H,6,7). The fourth-order valence-corrected chi connectivity index (χ4v) is 4.89. The van der Waals surface area contributed by atoms with Crippen molar-refractivity contribution in [2.45, 2.75) is 31.5 Å². The van der Waals surface area contributed by atoms with Gasteiger partial charge in [-0.05, 0) is 67.2 Å². The predicted octanol–water partition coefficient (Wildman–Crippen LogP) is 5.54. The number of carbonyl (C=O) groups is 1. The highest BCUT2D eigenvalue weighted by atomic mass is 32.1. The van der Waals surface area contributed by atoms with Gasteiger partial charge < -0.3 is 10.0 Å². The molecule has 0 amide bonds. The third-order valence-corrected chi connectivity index (χ3v) is 7.13. The minimum atomic E-state index is -5.08. The third kappa shape index (κ3) is 6.86. The first-order valence-corrected chi connectivity index (χ1v) is 12.7. The number of aromatic nitrogens is 3. The Morgan fingerprint density at radius 2 is 1.78 bits per heavy atom. The summed E-state index contributed by atoms with van der Waals surface area (Å²) >= 11 is 1.75. The van der Waals surface area contributed by atoms with Gasteiger partial charge in [0.2, 0.25) is 0 Å². The van der Waals surface area contributed by atoms with Crippen LogP contribution in [-0.4, -0.2) is 63.9 Å². The van der Waals surface area contributed by atoms with E-state index >= 15 is 0 Å². The van der Waals surface area contributed by atoms with Gasteiger partial charge in [-0.15, -0.1) is 11.3 Å². The van der Waals surface area contributed by atoms with Crippen LogP contribution in [0, 0.1) is 0 Å². The molecule has 11 heteroatoms. The lowest BCUT2D eigenvalue weighted by atomic mass is 9.96. The van der Waals surface area contributed by atoms with Crippen LogP contribution in [-0.2, 0) is 11.3 Å². The van der Waals surface area contributed by atoms with E-state index in [4.69, 9.17) is 20.0 Å². The van der Waals surface area contributed by atoms with E-state index < -0.39 is 12.1 Å². The van der Waals surface area contributed by atoms with Crippen LogP contribution >= 0.6 is 11.3 Å². The number of fused-ring (bicyclic) bond motifs is 1. The second kappa shape index (κ2) is 11.3. The van der Waals surface area contributed by atoms with Crippen LogP contribution in [0.2, 0.25) is 0 Å². The minimum absolute atomic E-state index is 0.447. The highest BCUT2D eigenvalue weighted by Crippen LogP contribution is 2.29. The SMILES string of the molecule is CN(C)c1ccc(CN2CCC(c3nc4ccc(-c5cccs5)cn4n3)CC2)cc1.O=C(O)C(F)(F)F. The monoisotopic (exact) mass is 531 g/mol. The number of anilines is 1. The number of piperidine rings is 1. The molecule has 1 aromatic carbocycles. The lowest BCUT2D eigenvalue weighted by Crippen LogP contribution is -2.32. The van der Waals surface area contributed by atoms with E-state index in [1.165, 1.54) is 21.7 Å². The first kappa shape index (κ1) is 26.6. The number of likely N-dealkylation sites (tertiary alicyclic amines) is 1. The number of hydrogen-bond acceptors (Lipinski definition) is 6. The smallest absolute Gasteiger partial charge is 0.475 e. The number of hydrogen-bond donors (Lipinski definition) is 1. The Morgan fingerprint density at radius 1 is 1.11 bits per heavy atom. The van der Waals surface area contributed by atoms with Gasteiger partial charge in [-0.2, -0.15) is 18.3 Å². The van der Waals surface area contributed by atoms with Crippen LogP contribution in [0.1, 0.15) is 30.1 Å². The van der Waals surface area contributed by atoms with Gasteiger partial charge in [-0.1, -0.05) is 18.2 Å². The van der Waals surface area contributed by atoms with Crippen molar-refractivity contribution in [3.8, 4) is 10.4 Å². The molecule has 0 radical (unpaired) electrons. The number of halogens is 3. The van der Waals surface area contributed by atoms with Crippen molar-refractivity contribution in [3.63, 3.8) is 0 Å². The minimum Gasteiger partial charge on any atom is -0.475 e. The molecule has 4 heterocycles. The Bertz CT molecular complexity index is 1310. The molecule has 7 nitrogen and oxygen atoms in total. The molecule has 1 aliphatic rings. The number of thiophene rings is 1. The molecular weight excluding hydrogens is 503 g/mol. The zero-order chi connectivity index (χ0) is 26.6. The van der Waals surface area contributed by atoms with E-state index in [1.54, 1.807) is 11.3 Å². The summed E-state index contributed by atoms with van der Waals surface area (Å²) in [6.07, 6.45) is -0.751. The molecule has 196 valence electrons. The van der Waals surface area contributed by atoms with Gasteiger partial charge >= 0.3 is 12.1 Å². The second-order valence-corrected chi connectivity index (χ2v) is 10.0. The first-order chi connectivity index (χ1) is 17.6. The highest BCUT2D eigenvalue weighted by molar-refractivity contribution is 7.13. The normalized spacial score (nSPS) is 14.8. The van der Waals surface area contributed by atoms with Gasteiger partial charge in [0.25, 0.3) is 0 Å². The zero-order valence-corrected chi connectivity index (χ0v) is 21.3. The average Bonchev–Trinajstić information content (AvgIpc) is 3.54. The van der Waals surface area contributed by atoms with Gasteiger partial charge in [0.1, 0.15) is 0 Å². The Hall–Kier alpha value is -3.44. The van der Waals surface area contributed by atoms with E-state index in [0.29, 0.717) is 5.92 Å². The third-order valence-electron chi connectivity index (χ3n) is 6.21. The van der Waals surface area contributed by atoms with Crippen molar-refractivity contribution < 1.29 is 23.1 Å². The number of benzene rings is 1. The summed E-state index contributed by atoms with van der Waals surface area (Å²) in [5, 5.41) is 14.1. The van der Waals surface area contributed by atoms with Crippen molar-refractivity contribution in [2.24, 2.45) is 0 Å². The molecule has 1 aliphatic heterocycles. The quantitative estimate of drug-likeness (QED) is 0.365. The topological polar surface area (TPSA) is 74.0 Å². The van der Waals surface area contributed by atoms with Crippen LogP contribution in [0.15, 0.2) is 60.1 Å². The van der Waals surface area contributed by atoms with Crippen molar-refractivity contribution in [1.82, 2.24) is 19.5 Å². The zero-order valence-electron chi connectivity index (χ0n) is 20.5. The molecule has 4 aromatic rings. The molecule has 1 saturated heterocycles. The number of alkyl halides is 3. The number of pyridine rings is 1. The maximum atomic E-state index is 10.6. The van der Waals surface area contributed by atoms with Crippen molar-refractivity contribution >= 4 is 28.6 Å². The molecule has 3 aromatic heterocycles. The molecule has 0 bridgehead atoms. The van der Waals surface area contributed by atoms with Crippen LogP contribution in [0.4, 0.5) is 18.9 Å². The van der Waals surface area contributed by atoms with Gasteiger partial charge in [-0.25, -0.2) is 14.3 Å². The Balaban J connectivity index is 0.000000405. The maximum Gasteiger partial charge on any atom is 0.490 e. The van der Waals surface area contributed by atoms with Crippen molar-refractivity contribution in [2.75, 3.05) is 32.1 Å². The molecule has 0 spiro atoms. The number of nitrogens with zero attached hydrogens (tertiary/aromatic N) is 5. The lowest BCUT2D eigenvalue weighted by Gasteiger charge is -2.30. The Kier molecular flexibility index (Phi) is 8.13. The summed E-state index contributed by atoms with van der Waals surface area (Å²) < 4.78 is 33.7. The number of aliphatic carboxylic acids is 1. The lowest BCUT2D eigenvalue weighted by molar-refractivity contribution is -0.192. The fourth-order valence-electron chi connectivity index (χ4n) is 4.17. The van der Waals surface area contributed by atoms with E-state index in [2.05, 4.69) is 84.0 Å². The van der Waals surface area contributed by atoms with Crippen LogP contribution in [0.5, 0.6) is 0 Å². The number of rotatable bonds is 5. The van der Waals surface area contributed by atoms with Crippen molar-refractivity contribution in [1.29, 1.82) is 0 Å². The molecule has 0 unspecified atom stereocenters. The molecule has 37 heavy (non-hydrogen) atoms. The van der Waals surface area contributed by atoms with Crippen molar-refractivity contribution in [3.05, 3.63) is 71.5 Å². The molecule has 1 N–H and O–H groups in total. The largest absolute Gasteiger partial charge is 0.490 e. The molecule has 1 fully saturated rings. The van der Waals surface area contributed by atoms with E-state index in [0.717, 1.165) is 43.9 Å².